The van der Waals surface area contributed by atoms with Crippen LogP contribution in [-0.2, 0) is 6.54 Å². The van der Waals surface area contributed by atoms with Crippen molar-refractivity contribution in [3.05, 3.63) is 98.8 Å². The minimum atomic E-state index is -0.471. The molecule has 0 saturated heterocycles. The van der Waals surface area contributed by atoms with E-state index in [2.05, 4.69) is 5.32 Å². The van der Waals surface area contributed by atoms with Crippen LogP contribution in [0, 0.1) is 0 Å². The molecule has 0 saturated carbocycles. The zero-order valence-electron chi connectivity index (χ0n) is 15.6. The Balaban J connectivity index is 1.76. The fourth-order valence-corrected chi connectivity index (χ4v) is 3.84. The van der Waals surface area contributed by atoms with Crippen LogP contribution in [0.1, 0.15) is 5.56 Å². The minimum absolute atomic E-state index is 0.364. The monoisotopic (exact) mass is 435 g/mol. The summed E-state index contributed by atoms with van der Waals surface area (Å²) in [6.07, 6.45) is 0. The molecule has 0 fully saturated rings. The first-order valence-electron chi connectivity index (χ1n) is 9.33. The molecule has 0 amide bonds. The van der Waals surface area contributed by atoms with Gasteiger partial charge in [-0.25, -0.2) is 4.79 Å². The van der Waals surface area contributed by atoms with Crippen molar-refractivity contribution in [2.24, 2.45) is 0 Å². The summed E-state index contributed by atoms with van der Waals surface area (Å²) in [6, 6.07) is 22.4. The van der Waals surface area contributed by atoms with E-state index in [1.165, 1.54) is 0 Å². The Labute approximate surface area is 181 Å². The molecule has 3 aromatic carbocycles. The van der Waals surface area contributed by atoms with Crippen molar-refractivity contribution in [2.75, 3.05) is 5.32 Å². The first-order valence-corrected chi connectivity index (χ1v) is 10.1. The van der Waals surface area contributed by atoms with Gasteiger partial charge in [-0.1, -0.05) is 71.7 Å². The molecule has 0 atom stereocenters. The molecule has 0 aliphatic rings. The first-order chi connectivity index (χ1) is 14.6. The lowest BCUT2D eigenvalue weighted by Gasteiger charge is -2.07. The predicted octanol–water partition coefficient (Wildman–Crippen LogP) is 7.13. The molecule has 4 nitrogen and oxygen atoms in total. The zero-order valence-corrected chi connectivity index (χ0v) is 17.1. The van der Waals surface area contributed by atoms with Crippen molar-refractivity contribution < 1.29 is 8.83 Å². The maximum atomic E-state index is 12.9. The standard InChI is InChI=1S/C24H15Cl2NO3/c25-17-11-10-15(12-18(17)26)20-21-22(16-8-4-5-9-19(16)29-24(21)28)30-23(20)27-13-14-6-2-1-3-7-14/h1-12,27H,13H2. The molecule has 148 valence electrons. The highest BCUT2D eigenvalue weighted by Crippen LogP contribution is 2.41. The van der Waals surface area contributed by atoms with Crippen LogP contribution in [0.5, 0.6) is 0 Å². The number of hydrogen-bond donors (Lipinski definition) is 1. The van der Waals surface area contributed by atoms with Crippen molar-refractivity contribution in [1.82, 2.24) is 0 Å². The summed E-state index contributed by atoms with van der Waals surface area (Å²) in [5.74, 6) is 0.468. The third kappa shape index (κ3) is 3.24. The molecule has 0 bridgehead atoms. The number of rotatable bonds is 4. The predicted molar refractivity (Wildman–Crippen MR) is 121 cm³/mol. The molecule has 0 aliphatic carbocycles. The van der Waals surface area contributed by atoms with Gasteiger partial charge in [0.1, 0.15) is 11.0 Å². The summed E-state index contributed by atoms with van der Waals surface area (Å²) in [7, 11) is 0. The fourth-order valence-electron chi connectivity index (χ4n) is 3.54. The minimum Gasteiger partial charge on any atom is -0.439 e. The number of benzene rings is 3. The molecule has 1 N–H and O–H groups in total. The lowest BCUT2D eigenvalue weighted by molar-refractivity contribution is 0.565. The SMILES string of the molecule is O=c1oc2ccccc2c2oc(NCc3ccccc3)c(-c3ccc(Cl)c(Cl)c3)c12. The second kappa shape index (κ2) is 7.56. The van der Waals surface area contributed by atoms with E-state index in [0.29, 0.717) is 50.2 Å². The van der Waals surface area contributed by atoms with Gasteiger partial charge >= 0.3 is 5.63 Å². The van der Waals surface area contributed by atoms with E-state index in [1.807, 2.05) is 48.5 Å². The van der Waals surface area contributed by atoms with E-state index < -0.39 is 5.63 Å². The van der Waals surface area contributed by atoms with E-state index in [-0.39, 0.29) is 0 Å². The molecule has 0 spiro atoms. The van der Waals surface area contributed by atoms with Gasteiger partial charge in [-0.15, -0.1) is 0 Å². The quantitative estimate of drug-likeness (QED) is 0.305. The maximum Gasteiger partial charge on any atom is 0.348 e. The smallest absolute Gasteiger partial charge is 0.348 e. The highest BCUT2D eigenvalue weighted by molar-refractivity contribution is 6.42. The van der Waals surface area contributed by atoms with Gasteiger partial charge in [0.2, 0.25) is 5.88 Å². The van der Waals surface area contributed by atoms with Gasteiger partial charge in [-0.3, -0.25) is 0 Å². The number of para-hydroxylation sites is 1. The van der Waals surface area contributed by atoms with Gasteiger partial charge in [-0.2, -0.15) is 0 Å². The summed E-state index contributed by atoms with van der Waals surface area (Å²) in [4.78, 5) is 12.9. The van der Waals surface area contributed by atoms with Gasteiger partial charge in [0.05, 0.1) is 21.0 Å². The van der Waals surface area contributed by atoms with Crippen molar-refractivity contribution >= 4 is 51.0 Å². The van der Waals surface area contributed by atoms with E-state index in [9.17, 15) is 4.79 Å². The van der Waals surface area contributed by atoms with Gasteiger partial charge in [0.15, 0.2) is 5.58 Å². The van der Waals surface area contributed by atoms with Crippen LogP contribution in [0.15, 0.2) is 86.4 Å². The molecule has 0 radical (unpaired) electrons. The van der Waals surface area contributed by atoms with Crippen LogP contribution in [0.3, 0.4) is 0 Å². The Bertz CT molecular complexity index is 1440. The molecule has 2 heterocycles. The number of anilines is 1. The van der Waals surface area contributed by atoms with Gasteiger partial charge in [-0.05, 0) is 35.4 Å². The summed E-state index contributed by atoms with van der Waals surface area (Å²) in [6.45, 7) is 0.526. The molecule has 0 aliphatic heterocycles. The molecular weight excluding hydrogens is 421 g/mol. The fraction of sp³-hybridized carbons (Fsp3) is 0.0417. The Hall–Kier alpha value is -3.21. The summed E-state index contributed by atoms with van der Waals surface area (Å²) >= 11 is 12.4. The normalized spacial score (nSPS) is 11.3. The van der Waals surface area contributed by atoms with Crippen LogP contribution >= 0.6 is 23.2 Å². The number of nitrogens with one attached hydrogen (secondary N) is 1. The second-order valence-corrected chi connectivity index (χ2v) is 7.68. The molecule has 2 aromatic heterocycles. The van der Waals surface area contributed by atoms with Gasteiger partial charge < -0.3 is 14.2 Å². The number of fused-ring (bicyclic) bond motifs is 3. The molecule has 5 rings (SSSR count). The van der Waals surface area contributed by atoms with Crippen molar-refractivity contribution in [3.63, 3.8) is 0 Å². The van der Waals surface area contributed by atoms with E-state index >= 15 is 0 Å². The Morgan fingerprint density at radius 1 is 0.833 bits per heavy atom. The number of furan rings is 1. The highest BCUT2D eigenvalue weighted by atomic mass is 35.5. The first kappa shape index (κ1) is 18.8. The number of halogens is 2. The van der Waals surface area contributed by atoms with Gasteiger partial charge in [0, 0.05) is 6.54 Å². The zero-order chi connectivity index (χ0) is 20.7. The summed E-state index contributed by atoms with van der Waals surface area (Å²) in [5, 5.41) is 5.23. The molecule has 0 unspecified atom stereocenters. The van der Waals surface area contributed by atoms with Crippen LogP contribution in [-0.4, -0.2) is 0 Å². The summed E-state index contributed by atoms with van der Waals surface area (Å²) in [5.41, 5.74) is 2.86. The highest BCUT2D eigenvalue weighted by Gasteiger charge is 2.23. The van der Waals surface area contributed by atoms with Gasteiger partial charge in [0.25, 0.3) is 0 Å². The van der Waals surface area contributed by atoms with Crippen LogP contribution in [0.25, 0.3) is 33.1 Å². The Kier molecular flexibility index (Phi) is 4.74. The van der Waals surface area contributed by atoms with Crippen LogP contribution in [0.4, 0.5) is 5.88 Å². The van der Waals surface area contributed by atoms with E-state index in [1.54, 1.807) is 24.3 Å². The average molecular weight is 436 g/mol. The molecule has 5 aromatic rings. The Morgan fingerprint density at radius 2 is 1.60 bits per heavy atom. The molecular formula is C24H15Cl2NO3. The van der Waals surface area contributed by atoms with E-state index in [4.69, 9.17) is 32.0 Å². The third-order valence-electron chi connectivity index (χ3n) is 4.95. The third-order valence-corrected chi connectivity index (χ3v) is 5.69. The lowest BCUT2D eigenvalue weighted by atomic mass is 10.0. The van der Waals surface area contributed by atoms with E-state index in [0.717, 1.165) is 10.9 Å². The molecule has 6 heteroatoms. The lowest BCUT2D eigenvalue weighted by Crippen LogP contribution is -2.01. The van der Waals surface area contributed by atoms with Crippen molar-refractivity contribution in [3.8, 4) is 11.1 Å². The molecule has 30 heavy (non-hydrogen) atoms. The largest absolute Gasteiger partial charge is 0.439 e. The second-order valence-electron chi connectivity index (χ2n) is 6.86. The summed E-state index contributed by atoms with van der Waals surface area (Å²) < 4.78 is 11.8. The van der Waals surface area contributed by atoms with Crippen molar-refractivity contribution in [2.45, 2.75) is 6.54 Å². The topological polar surface area (TPSA) is 55.4 Å². The van der Waals surface area contributed by atoms with Crippen molar-refractivity contribution in [1.29, 1.82) is 0 Å². The number of hydrogen-bond acceptors (Lipinski definition) is 4. The Morgan fingerprint density at radius 3 is 2.40 bits per heavy atom. The van der Waals surface area contributed by atoms with Crippen LogP contribution < -0.4 is 10.9 Å². The average Bonchev–Trinajstić information content (AvgIpc) is 3.15. The maximum absolute atomic E-state index is 12.9. The van der Waals surface area contributed by atoms with Crippen LogP contribution in [0.2, 0.25) is 10.0 Å².